The summed E-state index contributed by atoms with van der Waals surface area (Å²) in [4.78, 5) is 11.7. The molecule has 0 unspecified atom stereocenters. The number of tetrazole rings is 1. The van der Waals surface area contributed by atoms with Crippen LogP contribution in [-0.4, -0.2) is 32.3 Å². The first-order valence-electron chi connectivity index (χ1n) is 7.37. The molecule has 0 fully saturated rings. The lowest BCUT2D eigenvalue weighted by atomic mass is 10.2. The number of carbonyl (C=O) groups excluding carboxylic acids is 1. The van der Waals surface area contributed by atoms with Crippen LogP contribution in [0.2, 0.25) is 0 Å². The van der Waals surface area contributed by atoms with E-state index in [1.165, 1.54) is 10.9 Å². The Balaban J connectivity index is 1.57. The van der Waals surface area contributed by atoms with E-state index in [9.17, 15) is 4.79 Å². The highest BCUT2D eigenvalue weighted by Crippen LogP contribution is 2.21. The number of nitrogen functional groups attached to an aromatic ring is 1. The van der Waals surface area contributed by atoms with Crippen molar-refractivity contribution in [3.63, 3.8) is 0 Å². The maximum atomic E-state index is 11.7. The van der Waals surface area contributed by atoms with Crippen LogP contribution in [0.3, 0.4) is 0 Å². The second-order valence-electron chi connectivity index (χ2n) is 4.98. The Kier molecular flexibility index (Phi) is 4.95. The molecule has 1 aromatic heterocycles. The van der Waals surface area contributed by atoms with Gasteiger partial charge in [-0.25, -0.2) is 10.1 Å². The Morgan fingerprint density at radius 1 is 1.20 bits per heavy atom. The molecule has 1 amide bonds. The third-order valence-electron chi connectivity index (χ3n) is 3.09. The molecule has 0 radical (unpaired) electrons. The predicted octanol–water partition coefficient (Wildman–Crippen LogP) is 1.20. The number of nitrogens with two attached hydrogens (primary N) is 1. The molecule has 0 atom stereocenters. The molecule has 0 bridgehead atoms. The fraction of sp³-hybridized carbons (Fsp3) is 0.0625. The minimum atomic E-state index is -0.396. The molecule has 0 aliphatic heterocycles. The molecule has 0 saturated heterocycles. The lowest BCUT2D eigenvalue weighted by molar-refractivity contribution is -0.121. The Labute approximate surface area is 143 Å². The molecule has 0 aliphatic carbocycles. The highest BCUT2D eigenvalue weighted by Gasteiger charge is 2.06. The van der Waals surface area contributed by atoms with Gasteiger partial charge < -0.3 is 10.5 Å². The number of benzene rings is 2. The summed E-state index contributed by atoms with van der Waals surface area (Å²) in [6, 6.07) is 16.8. The molecule has 126 valence electrons. The van der Waals surface area contributed by atoms with Crippen LogP contribution >= 0.6 is 0 Å². The second kappa shape index (κ2) is 7.68. The Hall–Kier alpha value is -3.75. The van der Waals surface area contributed by atoms with E-state index in [0.717, 1.165) is 11.3 Å². The van der Waals surface area contributed by atoms with Crippen LogP contribution in [0.25, 0.3) is 0 Å². The first-order chi connectivity index (χ1) is 12.2. The molecular formula is C16H15N7O2. The maximum absolute atomic E-state index is 11.7. The van der Waals surface area contributed by atoms with E-state index in [1.807, 2.05) is 54.6 Å². The smallest absolute Gasteiger partial charge is 0.261 e. The number of ether oxygens (including phenoxy) is 1. The first-order valence-corrected chi connectivity index (χ1v) is 7.37. The highest BCUT2D eigenvalue weighted by molar-refractivity contribution is 5.82. The van der Waals surface area contributed by atoms with Crippen LogP contribution in [0, 0.1) is 0 Å². The van der Waals surface area contributed by atoms with E-state index in [-0.39, 0.29) is 12.5 Å². The van der Waals surface area contributed by atoms with Crippen LogP contribution < -0.4 is 15.9 Å². The van der Waals surface area contributed by atoms with Crippen molar-refractivity contribution in [2.24, 2.45) is 5.10 Å². The summed E-state index contributed by atoms with van der Waals surface area (Å²) in [5, 5.41) is 14.3. The van der Waals surface area contributed by atoms with Gasteiger partial charge in [0.05, 0.1) is 6.21 Å². The quantitative estimate of drug-likeness (QED) is 0.515. The number of para-hydroxylation sites is 1. The molecule has 3 rings (SSSR count). The molecule has 3 aromatic rings. The Morgan fingerprint density at radius 3 is 2.76 bits per heavy atom. The molecule has 0 saturated carbocycles. The lowest BCUT2D eigenvalue weighted by Gasteiger charge is -2.05. The van der Waals surface area contributed by atoms with Crippen molar-refractivity contribution in [1.29, 1.82) is 0 Å². The average Bonchev–Trinajstić information content (AvgIpc) is 3.01. The molecule has 3 N–H and O–H groups in total. The van der Waals surface area contributed by atoms with E-state index in [4.69, 9.17) is 10.5 Å². The van der Waals surface area contributed by atoms with Gasteiger partial charge in [0.1, 0.15) is 18.0 Å². The van der Waals surface area contributed by atoms with E-state index in [0.29, 0.717) is 5.75 Å². The molecule has 1 heterocycles. The van der Waals surface area contributed by atoms with Gasteiger partial charge in [0, 0.05) is 0 Å². The average molecular weight is 337 g/mol. The molecular weight excluding hydrogens is 322 g/mol. The van der Waals surface area contributed by atoms with Gasteiger partial charge in [0.2, 0.25) is 5.95 Å². The number of hydrogen-bond acceptors (Lipinski definition) is 7. The van der Waals surface area contributed by atoms with E-state index in [2.05, 4.69) is 26.1 Å². The normalized spacial score (nSPS) is 10.7. The van der Waals surface area contributed by atoms with Gasteiger partial charge in [-0.1, -0.05) is 35.4 Å². The van der Waals surface area contributed by atoms with Gasteiger partial charge in [0.25, 0.3) is 5.91 Å². The molecule has 0 spiro atoms. The van der Waals surface area contributed by atoms with Gasteiger partial charge >= 0.3 is 0 Å². The van der Waals surface area contributed by atoms with Gasteiger partial charge in [-0.2, -0.15) is 5.10 Å². The Morgan fingerprint density at radius 2 is 2.00 bits per heavy atom. The predicted molar refractivity (Wildman–Crippen MR) is 90.9 cm³/mol. The summed E-state index contributed by atoms with van der Waals surface area (Å²) in [6.07, 6.45) is 1.51. The van der Waals surface area contributed by atoms with Crippen LogP contribution in [0.4, 0.5) is 5.95 Å². The van der Waals surface area contributed by atoms with Crippen molar-refractivity contribution in [1.82, 2.24) is 25.6 Å². The fourth-order valence-corrected chi connectivity index (χ4v) is 1.96. The maximum Gasteiger partial charge on any atom is 0.261 e. The third-order valence-corrected chi connectivity index (χ3v) is 3.09. The Bertz CT molecular complexity index is 877. The highest BCUT2D eigenvalue weighted by atomic mass is 16.5. The van der Waals surface area contributed by atoms with Crippen molar-refractivity contribution in [3.8, 4) is 11.5 Å². The summed E-state index contributed by atoms with van der Waals surface area (Å²) in [7, 11) is 0. The number of carbonyl (C=O) groups is 1. The summed E-state index contributed by atoms with van der Waals surface area (Å²) in [6.45, 7) is -0.118. The van der Waals surface area contributed by atoms with Gasteiger partial charge in [-0.05, 0) is 40.3 Å². The largest absolute Gasteiger partial charge is 0.457 e. The summed E-state index contributed by atoms with van der Waals surface area (Å²) >= 11 is 0. The molecule has 0 aliphatic rings. The van der Waals surface area contributed by atoms with Crippen LogP contribution in [-0.2, 0) is 11.3 Å². The van der Waals surface area contributed by atoms with Crippen LogP contribution in [0.15, 0.2) is 59.7 Å². The van der Waals surface area contributed by atoms with E-state index >= 15 is 0 Å². The molecule has 2 aromatic carbocycles. The van der Waals surface area contributed by atoms with E-state index < -0.39 is 5.91 Å². The van der Waals surface area contributed by atoms with Crippen molar-refractivity contribution in [2.45, 2.75) is 6.54 Å². The topological polar surface area (TPSA) is 120 Å². The number of hydrogen-bond donors (Lipinski definition) is 2. The SMILES string of the molecule is Nc1nnnn1CC(=O)N/N=C\c1cccc(Oc2ccccc2)c1. The zero-order chi connectivity index (χ0) is 17.5. The van der Waals surface area contributed by atoms with Gasteiger partial charge in [-0.3, -0.25) is 4.79 Å². The number of anilines is 1. The van der Waals surface area contributed by atoms with Crippen LogP contribution in [0.5, 0.6) is 11.5 Å². The summed E-state index contributed by atoms with van der Waals surface area (Å²) < 4.78 is 6.91. The first kappa shape index (κ1) is 16.1. The number of nitrogens with zero attached hydrogens (tertiary/aromatic N) is 5. The fourth-order valence-electron chi connectivity index (χ4n) is 1.96. The number of nitrogens with one attached hydrogen (secondary N) is 1. The minimum absolute atomic E-state index is 0.0601. The van der Waals surface area contributed by atoms with Crippen molar-refractivity contribution in [3.05, 3.63) is 60.2 Å². The molecule has 9 heteroatoms. The van der Waals surface area contributed by atoms with Crippen molar-refractivity contribution >= 4 is 18.1 Å². The van der Waals surface area contributed by atoms with Crippen LogP contribution in [0.1, 0.15) is 5.56 Å². The number of amides is 1. The number of rotatable bonds is 6. The molecule has 9 nitrogen and oxygen atoms in total. The number of hydrazone groups is 1. The lowest BCUT2D eigenvalue weighted by Crippen LogP contribution is -2.24. The van der Waals surface area contributed by atoms with E-state index in [1.54, 1.807) is 0 Å². The van der Waals surface area contributed by atoms with Gasteiger partial charge in [0.15, 0.2) is 0 Å². The van der Waals surface area contributed by atoms with Gasteiger partial charge in [-0.15, -0.1) is 0 Å². The number of aromatic nitrogens is 4. The zero-order valence-corrected chi connectivity index (χ0v) is 13.1. The van der Waals surface area contributed by atoms with Crippen molar-refractivity contribution < 1.29 is 9.53 Å². The molecule has 25 heavy (non-hydrogen) atoms. The monoisotopic (exact) mass is 337 g/mol. The minimum Gasteiger partial charge on any atom is -0.457 e. The summed E-state index contributed by atoms with van der Waals surface area (Å²) in [5.74, 6) is 1.07. The zero-order valence-electron chi connectivity index (χ0n) is 13.1. The standard InChI is InChI=1S/C16H15N7O2/c17-16-20-21-22-23(16)11-15(24)19-18-10-12-5-4-8-14(9-12)25-13-6-2-1-3-7-13/h1-10H,11H2,(H,19,24)(H2,17,20,22)/b18-10-. The van der Waals surface area contributed by atoms with Crippen molar-refractivity contribution in [2.75, 3.05) is 5.73 Å². The summed E-state index contributed by atoms with van der Waals surface area (Å²) in [5.41, 5.74) is 8.64. The second-order valence-corrected chi connectivity index (χ2v) is 4.98. The third kappa shape index (κ3) is 4.61.